The summed E-state index contributed by atoms with van der Waals surface area (Å²) >= 11 is 0. The summed E-state index contributed by atoms with van der Waals surface area (Å²) in [5.41, 5.74) is 8.85. The molecule has 4 heteroatoms. The van der Waals surface area contributed by atoms with Gasteiger partial charge in [-0.1, -0.05) is 35.4 Å². The molecule has 0 bridgehead atoms. The number of hydrogen-bond donors (Lipinski definition) is 2. The van der Waals surface area contributed by atoms with Gasteiger partial charge in [0.1, 0.15) is 11.9 Å². The lowest BCUT2D eigenvalue weighted by Crippen LogP contribution is -2.27. The van der Waals surface area contributed by atoms with Crippen molar-refractivity contribution in [3.8, 4) is 0 Å². The van der Waals surface area contributed by atoms with Gasteiger partial charge in [0.05, 0.1) is 0 Å². The van der Waals surface area contributed by atoms with E-state index < -0.39 is 11.9 Å². The number of nitrogens with two attached hydrogens (primary N) is 1. The molecule has 20 heavy (non-hydrogen) atoms. The van der Waals surface area contributed by atoms with Crippen LogP contribution in [0, 0.1) is 19.7 Å². The Balaban J connectivity index is 2.34. The van der Waals surface area contributed by atoms with Crippen molar-refractivity contribution in [1.29, 1.82) is 0 Å². The minimum absolute atomic E-state index is 0.362. The van der Waals surface area contributed by atoms with E-state index in [0.29, 0.717) is 5.69 Å². The second-order valence-corrected chi connectivity index (χ2v) is 4.91. The molecule has 0 heterocycles. The summed E-state index contributed by atoms with van der Waals surface area (Å²) < 4.78 is 13.2. The van der Waals surface area contributed by atoms with Crippen molar-refractivity contribution in [1.82, 2.24) is 0 Å². The number of aryl methyl sites for hydroxylation is 2. The summed E-state index contributed by atoms with van der Waals surface area (Å²) in [6, 6.07) is 11.1. The Morgan fingerprint density at radius 3 is 2.35 bits per heavy atom. The lowest BCUT2D eigenvalue weighted by atomic mass is 10.0. The summed E-state index contributed by atoms with van der Waals surface area (Å²) in [7, 11) is 0. The second-order valence-electron chi connectivity index (χ2n) is 4.91. The Morgan fingerprint density at radius 1 is 1.15 bits per heavy atom. The molecule has 3 N–H and O–H groups in total. The number of rotatable bonds is 4. The third-order valence-electron chi connectivity index (χ3n) is 3.00. The molecule has 1 amide bonds. The Morgan fingerprint density at radius 2 is 1.80 bits per heavy atom. The van der Waals surface area contributed by atoms with Gasteiger partial charge >= 0.3 is 0 Å². The molecular formula is C16H17FN2O. The summed E-state index contributed by atoms with van der Waals surface area (Å²) in [6.07, 6.45) is 0. The number of carbonyl (C=O) groups is 1. The molecular weight excluding hydrogens is 255 g/mol. The van der Waals surface area contributed by atoms with Crippen LogP contribution in [0.25, 0.3) is 0 Å². The van der Waals surface area contributed by atoms with Crippen LogP contribution < -0.4 is 11.1 Å². The Labute approximate surface area is 117 Å². The van der Waals surface area contributed by atoms with Gasteiger partial charge in [0, 0.05) is 5.69 Å². The van der Waals surface area contributed by atoms with Crippen molar-refractivity contribution >= 4 is 11.6 Å². The predicted octanol–water partition coefficient (Wildman–Crippen LogP) is 3.08. The molecule has 1 atom stereocenters. The van der Waals surface area contributed by atoms with E-state index in [0.717, 1.165) is 16.7 Å². The highest BCUT2D eigenvalue weighted by atomic mass is 19.1. The van der Waals surface area contributed by atoms with Gasteiger partial charge in [-0.15, -0.1) is 0 Å². The average Bonchev–Trinajstić information content (AvgIpc) is 2.34. The number of carbonyl (C=O) groups excluding carboxylic acids is 1. The first kappa shape index (κ1) is 14.1. The number of amides is 1. The van der Waals surface area contributed by atoms with Gasteiger partial charge in [0.2, 0.25) is 5.91 Å². The zero-order valence-electron chi connectivity index (χ0n) is 11.5. The molecule has 1 unspecified atom stereocenters. The lowest BCUT2D eigenvalue weighted by Gasteiger charge is -2.18. The normalized spacial score (nSPS) is 11.9. The molecule has 2 aromatic carbocycles. The maximum atomic E-state index is 13.2. The molecule has 0 aliphatic heterocycles. The first-order chi connectivity index (χ1) is 9.45. The van der Waals surface area contributed by atoms with E-state index in [1.54, 1.807) is 12.1 Å². The number of nitrogens with one attached hydrogen (secondary N) is 1. The van der Waals surface area contributed by atoms with Crippen LogP contribution in [0.3, 0.4) is 0 Å². The highest BCUT2D eigenvalue weighted by Gasteiger charge is 2.18. The standard InChI is InChI=1S/C16H17FN2O/c1-10-6-11(2)8-12(7-10)15(16(18)20)19-14-5-3-4-13(17)9-14/h3-9,15,19H,1-2H3,(H2,18,20). The van der Waals surface area contributed by atoms with Crippen molar-refractivity contribution in [3.05, 3.63) is 65.0 Å². The highest BCUT2D eigenvalue weighted by Crippen LogP contribution is 2.22. The van der Waals surface area contributed by atoms with E-state index >= 15 is 0 Å². The molecule has 0 spiro atoms. The molecule has 0 fully saturated rings. The number of benzene rings is 2. The summed E-state index contributed by atoms with van der Waals surface area (Å²) in [4.78, 5) is 11.7. The van der Waals surface area contributed by atoms with Crippen molar-refractivity contribution in [2.45, 2.75) is 19.9 Å². The quantitative estimate of drug-likeness (QED) is 0.898. The minimum atomic E-state index is -0.685. The molecule has 0 aliphatic carbocycles. The van der Waals surface area contributed by atoms with Crippen LogP contribution in [0.4, 0.5) is 10.1 Å². The summed E-state index contributed by atoms with van der Waals surface area (Å²) in [5.74, 6) is -0.863. The van der Waals surface area contributed by atoms with Crippen molar-refractivity contribution in [3.63, 3.8) is 0 Å². The van der Waals surface area contributed by atoms with Gasteiger partial charge in [-0.2, -0.15) is 0 Å². The van der Waals surface area contributed by atoms with Gasteiger partial charge in [0.25, 0.3) is 0 Å². The molecule has 0 aromatic heterocycles. The monoisotopic (exact) mass is 272 g/mol. The third-order valence-corrected chi connectivity index (χ3v) is 3.00. The molecule has 3 nitrogen and oxygen atoms in total. The zero-order chi connectivity index (χ0) is 14.7. The van der Waals surface area contributed by atoms with Crippen molar-refractivity contribution < 1.29 is 9.18 Å². The maximum Gasteiger partial charge on any atom is 0.244 e. The van der Waals surface area contributed by atoms with Gasteiger partial charge in [-0.3, -0.25) is 4.79 Å². The van der Waals surface area contributed by atoms with Crippen LogP contribution in [-0.2, 0) is 4.79 Å². The molecule has 0 radical (unpaired) electrons. The van der Waals surface area contributed by atoms with E-state index in [4.69, 9.17) is 5.73 Å². The fourth-order valence-corrected chi connectivity index (χ4v) is 2.24. The number of primary amides is 1. The van der Waals surface area contributed by atoms with Gasteiger partial charge in [-0.25, -0.2) is 4.39 Å². The zero-order valence-corrected chi connectivity index (χ0v) is 11.5. The van der Waals surface area contributed by atoms with Crippen molar-refractivity contribution in [2.75, 3.05) is 5.32 Å². The second kappa shape index (κ2) is 5.74. The van der Waals surface area contributed by atoms with E-state index in [2.05, 4.69) is 5.32 Å². The third kappa shape index (κ3) is 3.35. The van der Waals surface area contributed by atoms with Gasteiger partial charge < -0.3 is 11.1 Å². The first-order valence-electron chi connectivity index (χ1n) is 6.35. The summed E-state index contributed by atoms with van der Waals surface area (Å²) in [6.45, 7) is 3.91. The molecule has 2 rings (SSSR count). The topological polar surface area (TPSA) is 55.1 Å². The largest absolute Gasteiger partial charge is 0.370 e. The van der Waals surface area contributed by atoms with Crippen LogP contribution in [0.2, 0.25) is 0 Å². The van der Waals surface area contributed by atoms with E-state index in [1.165, 1.54) is 12.1 Å². The summed E-state index contributed by atoms with van der Waals surface area (Å²) in [5, 5.41) is 2.98. The molecule has 2 aromatic rings. The van der Waals surface area contributed by atoms with Gasteiger partial charge in [0.15, 0.2) is 0 Å². The number of anilines is 1. The SMILES string of the molecule is Cc1cc(C)cc(C(Nc2cccc(F)c2)C(N)=O)c1. The Kier molecular flexibility index (Phi) is 4.03. The average molecular weight is 272 g/mol. The van der Waals surface area contributed by atoms with Crippen LogP contribution in [0.15, 0.2) is 42.5 Å². The van der Waals surface area contributed by atoms with E-state index in [1.807, 2.05) is 32.0 Å². The Bertz CT molecular complexity index is 620. The minimum Gasteiger partial charge on any atom is -0.370 e. The van der Waals surface area contributed by atoms with Gasteiger partial charge in [-0.05, 0) is 37.6 Å². The fourth-order valence-electron chi connectivity index (χ4n) is 2.24. The van der Waals surface area contributed by atoms with Crippen LogP contribution in [0.1, 0.15) is 22.7 Å². The van der Waals surface area contributed by atoms with E-state index in [-0.39, 0.29) is 5.82 Å². The fraction of sp³-hybridized carbons (Fsp3) is 0.188. The van der Waals surface area contributed by atoms with Crippen LogP contribution in [-0.4, -0.2) is 5.91 Å². The maximum absolute atomic E-state index is 13.2. The predicted molar refractivity (Wildman–Crippen MR) is 77.9 cm³/mol. The number of halogens is 1. The van der Waals surface area contributed by atoms with Crippen LogP contribution in [0.5, 0.6) is 0 Å². The van der Waals surface area contributed by atoms with Crippen LogP contribution >= 0.6 is 0 Å². The molecule has 0 aliphatic rings. The molecule has 0 saturated heterocycles. The highest BCUT2D eigenvalue weighted by molar-refractivity contribution is 5.84. The molecule has 0 saturated carbocycles. The Hall–Kier alpha value is -2.36. The molecule has 104 valence electrons. The lowest BCUT2D eigenvalue weighted by molar-refractivity contribution is -0.118. The van der Waals surface area contributed by atoms with E-state index in [9.17, 15) is 9.18 Å². The smallest absolute Gasteiger partial charge is 0.244 e. The number of hydrogen-bond acceptors (Lipinski definition) is 2. The first-order valence-corrected chi connectivity index (χ1v) is 6.35. The van der Waals surface area contributed by atoms with Crippen molar-refractivity contribution in [2.24, 2.45) is 5.73 Å².